The van der Waals surface area contributed by atoms with E-state index in [0.717, 1.165) is 22.2 Å². The van der Waals surface area contributed by atoms with Gasteiger partial charge in [-0.05, 0) is 12.1 Å². The van der Waals surface area contributed by atoms with E-state index in [-0.39, 0.29) is 5.69 Å². The summed E-state index contributed by atoms with van der Waals surface area (Å²) in [5.74, 6) is 0.362. The Kier molecular flexibility index (Phi) is 4.12. The third-order valence-corrected chi connectivity index (χ3v) is 4.42. The summed E-state index contributed by atoms with van der Waals surface area (Å²) in [6.45, 7) is 0. The van der Waals surface area contributed by atoms with Gasteiger partial charge >= 0.3 is 0 Å². The topological polar surface area (TPSA) is 78.0 Å². The van der Waals surface area contributed by atoms with Crippen LogP contribution in [0.4, 0.5) is 21.6 Å². The Bertz CT molecular complexity index is 1140. The van der Waals surface area contributed by atoms with E-state index in [1.165, 1.54) is 25.6 Å². The number of aromatic nitrogens is 3. The summed E-state index contributed by atoms with van der Waals surface area (Å²) in [5.41, 5.74) is 9.13. The first-order valence-corrected chi connectivity index (χ1v) is 8.33. The van der Waals surface area contributed by atoms with Crippen molar-refractivity contribution < 1.29 is 9.13 Å². The second-order valence-electron chi connectivity index (χ2n) is 6.16. The largest absolute Gasteiger partial charge is 0.494 e. The molecule has 0 atom stereocenters. The molecule has 0 radical (unpaired) electrons. The zero-order valence-electron chi connectivity index (χ0n) is 14.9. The number of nitrogens with two attached hydrogens (primary N) is 1. The van der Waals surface area contributed by atoms with Gasteiger partial charge in [0.25, 0.3) is 0 Å². The van der Waals surface area contributed by atoms with Crippen molar-refractivity contribution in [1.29, 1.82) is 0 Å². The van der Waals surface area contributed by atoms with Crippen molar-refractivity contribution >= 4 is 28.1 Å². The highest BCUT2D eigenvalue weighted by Gasteiger charge is 2.12. The molecule has 4 aromatic rings. The molecule has 3 N–H and O–H groups in total. The van der Waals surface area contributed by atoms with Crippen LogP contribution < -0.4 is 15.8 Å². The van der Waals surface area contributed by atoms with Crippen molar-refractivity contribution in [3.05, 3.63) is 60.8 Å². The summed E-state index contributed by atoms with van der Waals surface area (Å²) >= 11 is 0. The molecule has 0 amide bonds. The Morgan fingerprint density at radius 3 is 2.78 bits per heavy atom. The lowest BCUT2D eigenvalue weighted by molar-refractivity contribution is 0.413. The standard InChI is InChI=1S/C20H18FN5O/c1-26-10-13(12-5-3-4-6-18(12)26)16-9-20(24-11-23-16)25-17-8-15(22)14(21)7-19(17)27-2/h3-11H,22H2,1-2H3,(H,23,24,25). The molecule has 4 rings (SSSR count). The number of fused-ring (bicyclic) bond motifs is 1. The van der Waals surface area contributed by atoms with Crippen molar-refractivity contribution in [2.45, 2.75) is 0 Å². The van der Waals surface area contributed by atoms with E-state index < -0.39 is 5.82 Å². The molecule has 2 aromatic heterocycles. The fourth-order valence-electron chi connectivity index (χ4n) is 3.10. The molecule has 0 saturated carbocycles. The number of hydrogen-bond acceptors (Lipinski definition) is 5. The first-order valence-electron chi connectivity index (χ1n) is 8.33. The zero-order valence-corrected chi connectivity index (χ0v) is 14.9. The normalized spacial score (nSPS) is 10.9. The predicted octanol–water partition coefficient (Wildman–Crippen LogP) is 4.11. The van der Waals surface area contributed by atoms with Crippen LogP contribution in [0.15, 0.2) is 55.0 Å². The average molecular weight is 363 g/mol. The summed E-state index contributed by atoms with van der Waals surface area (Å²) in [4.78, 5) is 8.66. The molecule has 0 aliphatic heterocycles. The number of ether oxygens (including phenoxy) is 1. The van der Waals surface area contributed by atoms with Crippen LogP contribution in [0, 0.1) is 5.82 Å². The molecule has 0 saturated heterocycles. The number of nitrogens with one attached hydrogen (secondary N) is 1. The minimum atomic E-state index is -0.531. The minimum absolute atomic E-state index is 0.0293. The van der Waals surface area contributed by atoms with Crippen LogP contribution in [0.2, 0.25) is 0 Å². The summed E-state index contributed by atoms with van der Waals surface area (Å²) in [7, 11) is 3.47. The molecule has 2 aromatic carbocycles. The van der Waals surface area contributed by atoms with E-state index in [2.05, 4.69) is 32.0 Å². The summed E-state index contributed by atoms with van der Waals surface area (Å²) < 4.78 is 20.9. The van der Waals surface area contributed by atoms with E-state index in [0.29, 0.717) is 17.3 Å². The molecule has 0 aliphatic rings. The van der Waals surface area contributed by atoms with Crippen molar-refractivity contribution in [1.82, 2.24) is 14.5 Å². The van der Waals surface area contributed by atoms with Crippen LogP contribution in [0.3, 0.4) is 0 Å². The van der Waals surface area contributed by atoms with Crippen LogP contribution in [-0.2, 0) is 7.05 Å². The maximum absolute atomic E-state index is 13.7. The highest BCUT2D eigenvalue weighted by molar-refractivity contribution is 5.95. The van der Waals surface area contributed by atoms with E-state index in [4.69, 9.17) is 10.5 Å². The molecule has 0 spiro atoms. The van der Waals surface area contributed by atoms with Crippen LogP contribution >= 0.6 is 0 Å². The monoisotopic (exact) mass is 363 g/mol. The third-order valence-electron chi connectivity index (χ3n) is 4.42. The van der Waals surface area contributed by atoms with Gasteiger partial charge in [0.05, 0.1) is 24.2 Å². The zero-order chi connectivity index (χ0) is 19.0. The quantitative estimate of drug-likeness (QED) is 0.534. The number of methoxy groups -OCH3 is 1. The predicted molar refractivity (Wildman–Crippen MR) is 105 cm³/mol. The highest BCUT2D eigenvalue weighted by atomic mass is 19.1. The lowest BCUT2D eigenvalue weighted by atomic mass is 10.1. The molecule has 0 fully saturated rings. The number of hydrogen-bond donors (Lipinski definition) is 2. The molecule has 2 heterocycles. The smallest absolute Gasteiger partial charge is 0.149 e. The number of nitrogen functional groups attached to an aromatic ring is 1. The van der Waals surface area contributed by atoms with Crippen molar-refractivity contribution in [2.24, 2.45) is 7.05 Å². The Morgan fingerprint density at radius 1 is 1.15 bits per heavy atom. The Labute approximate surface area is 155 Å². The highest BCUT2D eigenvalue weighted by Crippen LogP contribution is 2.33. The van der Waals surface area contributed by atoms with Gasteiger partial charge in [-0.2, -0.15) is 0 Å². The second kappa shape index (κ2) is 6.60. The number of nitrogens with zero attached hydrogens (tertiary/aromatic N) is 3. The van der Waals surface area contributed by atoms with Gasteiger partial charge in [0.2, 0.25) is 0 Å². The molecule has 6 nitrogen and oxygen atoms in total. The minimum Gasteiger partial charge on any atom is -0.494 e. The van der Waals surface area contributed by atoms with E-state index in [1.807, 2.05) is 31.4 Å². The van der Waals surface area contributed by atoms with E-state index in [1.54, 1.807) is 0 Å². The first-order chi connectivity index (χ1) is 13.1. The van der Waals surface area contributed by atoms with Gasteiger partial charge in [0.1, 0.15) is 23.7 Å². The van der Waals surface area contributed by atoms with Gasteiger partial charge in [0.15, 0.2) is 0 Å². The second-order valence-corrected chi connectivity index (χ2v) is 6.16. The van der Waals surface area contributed by atoms with Crippen LogP contribution in [0.1, 0.15) is 0 Å². The summed E-state index contributed by atoms with van der Waals surface area (Å²) in [5, 5.41) is 4.23. The van der Waals surface area contributed by atoms with Gasteiger partial charge in [-0.1, -0.05) is 18.2 Å². The van der Waals surface area contributed by atoms with E-state index in [9.17, 15) is 4.39 Å². The molecule has 27 heavy (non-hydrogen) atoms. The van der Waals surface area contributed by atoms with Crippen molar-refractivity contribution in [3.8, 4) is 17.0 Å². The summed E-state index contributed by atoms with van der Waals surface area (Å²) in [6, 6.07) is 12.7. The third kappa shape index (κ3) is 3.03. The molecule has 7 heteroatoms. The number of rotatable bonds is 4. The molecular formula is C20H18FN5O. The van der Waals surface area contributed by atoms with Gasteiger partial charge < -0.3 is 20.4 Å². The summed E-state index contributed by atoms with van der Waals surface area (Å²) in [6.07, 6.45) is 3.52. The Morgan fingerprint density at radius 2 is 1.96 bits per heavy atom. The van der Waals surface area contributed by atoms with E-state index >= 15 is 0 Å². The fourth-order valence-corrected chi connectivity index (χ4v) is 3.10. The molecule has 0 bridgehead atoms. The lowest BCUT2D eigenvalue weighted by Crippen LogP contribution is -2.00. The first kappa shape index (κ1) is 16.8. The van der Waals surface area contributed by atoms with Crippen molar-refractivity contribution in [2.75, 3.05) is 18.2 Å². The Balaban J connectivity index is 1.74. The lowest BCUT2D eigenvalue weighted by Gasteiger charge is -2.12. The molecular weight excluding hydrogens is 345 g/mol. The SMILES string of the molecule is COc1cc(F)c(N)cc1Nc1cc(-c2cn(C)c3ccccc23)ncn1. The van der Waals surface area contributed by atoms with Crippen LogP contribution in [0.5, 0.6) is 5.75 Å². The molecule has 0 aliphatic carbocycles. The maximum atomic E-state index is 13.7. The van der Waals surface area contributed by atoms with Crippen molar-refractivity contribution in [3.63, 3.8) is 0 Å². The number of halogens is 1. The Hall–Kier alpha value is -3.61. The number of anilines is 3. The number of aryl methyl sites for hydroxylation is 1. The number of benzene rings is 2. The van der Waals surface area contributed by atoms with Crippen LogP contribution in [-0.4, -0.2) is 21.6 Å². The molecule has 136 valence electrons. The fraction of sp³-hybridized carbons (Fsp3) is 0.100. The van der Waals surface area contributed by atoms with Gasteiger partial charge in [-0.3, -0.25) is 0 Å². The molecule has 0 unspecified atom stereocenters. The van der Waals surface area contributed by atoms with Gasteiger partial charge in [-0.15, -0.1) is 0 Å². The maximum Gasteiger partial charge on any atom is 0.149 e. The van der Waals surface area contributed by atoms with Gasteiger partial charge in [0, 0.05) is 41.8 Å². The van der Waals surface area contributed by atoms with Crippen LogP contribution in [0.25, 0.3) is 22.2 Å². The van der Waals surface area contributed by atoms with Gasteiger partial charge in [-0.25, -0.2) is 14.4 Å². The average Bonchev–Trinajstić information content (AvgIpc) is 3.02. The number of para-hydroxylation sites is 1.